The zero-order valence-corrected chi connectivity index (χ0v) is 18.4. The molecule has 5 rings (SSSR count). The fraction of sp³-hybridized carbons (Fsp3) is 0.238. The highest BCUT2D eigenvalue weighted by Gasteiger charge is 2.32. The zero-order chi connectivity index (χ0) is 20.2. The molecule has 0 N–H and O–H groups in total. The predicted molar refractivity (Wildman–Crippen MR) is 120 cm³/mol. The number of rotatable bonds is 4. The Bertz CT molecular complexity index is 1290. The minimum Gasteiger partial charge on any atom is -0.267 e. The highest BCUT2D eigenvalue weighted by Crippen LogP contribution is 2.37. The van der Waals surface area contributed by atoms with Gasteiger partial charge in [-0.1, -0.05) is 18.2 Å². The van der Waals surface area contributed by atoms with Crippen molar-refractivity contribution in [2.75, 3.05) is 10.6 Å². The number of para-hydroxylation sites is 1. The third-order valence-electron chi connectivity index (χ3n) is 5.08. The highest BCUT2D eigenvalue weighted by atomic mass is 32.2. The van der Waals surface area contributed by atoms with E-state index >= 15 is 0 Å². The average molecular weight is 442 g/mol. The molecule has 0 saturated heterocycles. The molecule has 0 fully saturated rings. The van der Waals surface area contributed by atoms with Gasteiger partial charge >= 0.3 is 0 Å². The van der Waals surface area contributed by atoms with Crippen molar-refractivity contribution in [1.82, 2.24) is 9.97 Å². The molecule has 3 heterocycles. The number of sulfonamides is 1. The molecule has 0 unspecified atom stereocenters. The van der Waals surface area contributed by atoms with Gasteiger partial charge in [-0.2, -0.15) is 0 Å². The third kappa shape index (κ3) is 3.45. The van der Waals surface area contributed by atoms with Crippen LogP contribution in [0, 0.1) is 0 Å². The molecular weight excluding hydrogens is 422 g/mol. The Kier molecular flexibility index (Phi) is 4.45. The normalized spacial score (nSPS) is 16.5. The first-order valence-electron chi connectivity index (χ1n) is 9.30. The van der Waals surface area contributed by atoms with Crippen LogP contribution in [0.3, 0.4) is 0 Å². The molecule has 29 heavy (non-hydrogen) atoms. The van der Waals surface area contributed by atoms with E-state index in [1.807, 2.05) is 37.3 Å². The number of anilines is 1. The Morgan fingerprint density at radius 2 is 1.97 bits per heavy atom. The SMILES string of the molecule is C[C@@H]1Cc2cc(-c3csc(Cc4nc5ccccc5s4)n3)ccc2N1S(C)(=O)=O. The van der Waals surface area contributed by atoms with E-state index < -0.39 is 10.0 Å². The van der Waals surface area contributed by atoms with Gasteiger partial charge < -0.3 is 0 Å². The lowest BCUT2D eigenvalue weighted by Gasteiger charge is -2.21. The van der Waals surface area contributed by atoms with Gasteiger partial charge in [0.25, 0.3) is 0 Å². The van der Waals surface area contributed by atoms with Gasteiger partial charge in [-0.3, -0.25) is 4.31 Å². The van der Waals surface area contributed by atoms with Crippen LogP contribution in [0.2, 0.25) is 0 Å². The van der Waals surface area contributed by atoms with E-state index in [4.69, 9.17) is 9.97 Å². The first kappa shape index (κ1) is 18.7. The zero-order valence-electron chi connectivity index (χ0n) is 16.0. The summed E-state index contributed by atoms with van der Waals surface area (Å²) < 4.78 is 26.9. The molecule has 1 aliphatic heterocycles. The van der Waals surface area contributed by atoms with Crippen molar-refractivity contribution in [2.24, 2.45) is 0 Å². The van der Waals surface area contributed by atoms with E-state index in [0.29, 0.717) is 0 Å². The summed E-state index contributed by atoms with van der Waals surface area (Å²) in [4.78, 5) is 9.51. The fourth-order valence-corrected chi connectivity index (χ4v) is 7.05. The summed E-state index contributed by atoms with van der Waals surface area (Å²) in [5, 5.41) is 4.17. The quantitative estimate of drug-likeness (QED) is 0.460. The second-order valence-electron chi connectivity index (χ2n) is 7.33. The van der Waals surface area contributed by atoms with Gasteiger partial charge in [0.05, 0.1) is 34.3 Å². The molecule has 5 nitrogen and oxygen atoms in total. The molecule has 148 valence electrons. The molecule has 1 atom stereocenters. The molecule has 0 saturated carbocycles. The monoisotopic (exact) mass is 441 g/mol. The summed E-state index contributed by atoms with van der Waals surface area (Å²) in [5.74, 6) is 0. The summed E-state index contributed by atoms with van der Waals surface area (Å²) in [5.41, 5.74) is 4.83. The molecule has 2 aromatic carbocycles. The summed E-state index contributed by atoms with van der Waals surface area (Å²) in [6, 6.07) is 14.1. The van der Waals surface area contributed by atoms with E-state index in [1.54, 1.807) is 22.7 Å². The van der Waals surface area contributed by atoms with Gasteiger partial charge in [-0.25, -0.2) is 18.4 Å². The maximum atomic E-state index is 12.1. The van der Waals surface area contributed by atoms with Crippen LogP contribution in [0.1, 0.15) is 22.5 Å². The minimum atomic E-state index is -3.27. The van der Waals surface area contributed by atoms with Crippen LogP contribution < -0.4 is 4.31 Å². The molecular formula is C21H19N3O2S3. The first-order valence-corrected chi connectivity index (χ1v) is 12.8. The maximum Gasteiger partial charge on any atom is 0.232 e. The molecule has 0 amide bonds. The van der Waals surface area contributed by atoms with Crippen molar-refractivity contribution in [3.8, 4) is 11.3 Å². The fourth-order valence-electron chi connectivity index (χ4n) is 3.92. The number of hydrogen-bond acceptors (Lipinski definition) is 6. The third-order valence-corrected chi connectivity index (χ3v) is 8.23. The van der Waals surface area contributed by atoms with E-state index in [2.05, 4.69) is 17.5 Å². The Hall–Kier alpha value is -2.29. The van der Waals surface area contributed by atoms with Crippen molar-refractivity contribution in [3.05, 3.63) is 63.4 Å². The Morgan fingerprint density at radius 1 is 1.14 bits per heavy atom. The standard InChI is InChI=1S/C21H19N3O2S3/c1-13-9-15-10-14(7-8-18(15)24(13)29(2,25)26)17-12-27-20(23-17)11-21-22-16-5-3-4-6-19(16)28-21/h3-8,10,12-13H,9,11H2,1-2H3/t13-/m1/s1. The van der Waals surface area contributed by atoms with Crippen LogP contribution in [0.25, 0.3) is 21.5 Å². The van der Waals surface area contributed by atoms with Gasteiger partial charge in [0, 0.05) is 17.0 Å². The number of hydrogen-bond donors (Lipinski definition) is 0. The van der Waals surface area contributed by atoms with E-state index in [9.17, 15) is 8.42 Å². The van der Waals surface area contributed by atoms with Gasteiger partial charge in [-0.05, 0) is 43.2 Å². The van der Waals surface area contributed by atoms with Crippen LogP contribution in [0.4, 0.5) is 5.69 Å². The van der Waals surface area contributed by atoms with Crippen molar-refractivity contribution in [2.45, 2.75) is 25.8 Å². The Balaban J connectivity index is 1.42. The molecule has 1 aliphatic rings. The number of aromatic nitrogens is 2. The predicted octanol–water partition coefficient (Wildman–Crippen LogP) is 4.72. The molecule has 0 spiro atoms. The lowest BCUT2D eigenvalue weighted by atomic mass is 10.1. The second-order valence-corrected chi connectivity index (χ2v) is 11.3. The lowest BCUT2D eigenvalue weighted by Crippen LogP contribution is -2.34. The van der Waals surface area contributed by atoms with Crippen LogP contribution in [0.15, 0.2) is 47.8 Å². The van der Waals surface area contributed by atoms with Gasteiger partial charge in [0.1, 0.15) is 10.0 Å². The van der Waals surface area contributed by atoms with Crippen molar-refractivity contribution < 1.29 is 8.42 Å². The van der Waals surface area contributed by atoms with Crippen molar-refractivity contribution in [1.29, 1.82) is 0 Å². The Labute approximate surface area is 177 Å². The molecule has 0 radical (unpaired) electrons. The van der Waals surface area contributed by atoms with Crippen LogP contribution in [-0.2, 0) is 22.9 Å². The van der Waals surface area contributed by atoms with Gasteiger partial charge in [0.15, 0.2) is 0 Å². The molecule has 8 heteroatoms. The minimum absolute atomic E-state index is 0.0553. The molecule has 4 aromatic rings. The summed E-state index contributed by atoms with van der Waals surface area (Å²) in [6.07, 6.45) is 2.72. The van der Waals surface area contributed by atoms with Crippen LogP contribution in [0.5, 0.6) is 0 Å². The topological polar surface area (TPSA) is 63.2 Å². The molecule has 0 aliphatic carbocycles. The van der Waals surface area contributed by atoms with Crippen molar-refractivity contribution in [3.63, 3.8) is 0 Å². The highest BCUT2D eigenvalue weighted by molar-refractivity contribution is 7.92. The van der Waals surface area contributed by atoms with Crippen molar-refractivity contribution >= 4 is 48.6 Å². The summed E-state index contributed by atoms with van der Waals surface area (Å²) >= 11 is 3.35. The van der Waals surface area contributed by atoms with E-state index in [1.165, 1.54) is 15.3 Å². The van der Waals surface area contributed by atoms with E-state index in [-0.39, 0.29) is 6.04 Å². The Morgan fingerprint density at radius 3 is 2.76 bits per heavy atom. The largest absolute Gasteiger partial charge is 0.267 e. The van der Waals surface area contributed by atoms with Crippen LogP contribution >= 0.6 is 22.7 Å². The lowest BCUT2D eigenvalue weighted by molar-refractivity contribution is 0.590. The number of thiazole rings is 2. The molecule has 2 aromatic heterocycles. The second kappa shape index (κ2) is 6.90. The average Bonchev–Trinajstić information content (AvgIpc) is 3.35. The first-order chi connectivity index (χ1) is 13.9. The smallest absolute Gasteiger partial charge is 0.232 e. The summed E-state index contributed by atoms with van der Waals surface area (Å²) in [7, 11) is -3.27. The number of nitrogens with zero attached hydrogens (tertiary/aromatic N) is 3. The van der Waals surface area contributed by atoms with Gasteiger partial charge in [0.2, 0.25) is 10.0 Å². The van der Waals surface area contributed by atoms with Crippen LogP contribution in [-0.4, -0.2) is 30.7 Å². The molecule has 0 bridgehead atoms. The van der Waals surface area contributed by atoms with E-state index in [0.717, 1.165) is 50.9 Å². The maximum absolute atomic E-state index is 12.1. The summed E-state index contributed by atoms with van der Waals surface area (Å²) in [6.45, 7) is 1.94. The van der Waals surface area contributed by atoms with Gasteiger partial charge in [-0.15, -0.1) is 22.7 Å². The number of benzene rings is 2. The number of fused-ring (bicyclic) bond motifs is 2.